The van der Waals surface area contributed by atoms with Gasteiger partial charge in [0.2, 0.25) is 0 Å². The predicted molar refractivity (Wildman–Crippen MR) is 111 cm³/mol. The lowest BCUT2D eigenvalue weighted by Gasteiger charge is -2.19. The lowest BCUT2D eigenvalue weighted by molar-refractivity contribution is 0.0694. The Balaban J connectivity index is 1.79. The molecule has 0 bridgehead atoms. The average molecular weight is 412 g/mol. The van der Waals surface area contributed by atoms with Crippen LogP contribution in [0.15, 0.2) is 23.1 Å². The van der Waals surface area contributed by atoms with Crippen LogP contribution in [0.5, 0.6) is 0 Å². The van der Waals surface area contributed by atoms with Gasteiger partial charge in [0, 0.05) is 34.1 Å². The van der Waals surface area contributed by atoms with Gasteiger partial charge < -0.3 is 10.4 Å². The summed E-state index contributed by atoms with van der Waals surface area (Å²) in [4.78, 5) is 26.4. The van der Waals surface area contributed by atoms with Crippen LogP contribution < -0.4 is 10.9 Å². The lowest BCUT2D eigenvalue weighted by atomic mass is 9.98. The van der Waals surface area contributed by atoms with Crippen molar-refractivity contribution in [1.29, 1.82) is 0 Å². The summed E-state index contributed by atoms with van der Waals surface area (Å²) in [6, 6.07) is 3.93. The van der Waals surface area contributed by atoms with E-state index in [-0.39, 0.29) is 11.5 Å². The van der Waals surface area contributed by atoms with E-state index in [1.807, 2.05) is 13.0 Å². The zero-order valence-corrected chi connectivity index (χ0v) is 17.0. The molecule has 0 aromatic carbocycles. The summed E-state index contributed by atoms with van der Waals surface area (Å²) in [5, 5.41) is 12.9. The smallest absolute Gasteiger partial charge is 0.341 e. The molecule has 4 heterocycles. The number of aromatic nitrogens is 1. The largest absolute Gasteiger partial charge is 0.477 e. The van der Waals surface area contributed by atoms with E-state index in [1.165, 1.54) is 20.9 Å². The number of carboxylic acids is 1. The number of rotatable bonds is 3. The van der Waals surface area contributed by atoms with Gasteiger partial charge in [0.05, 0.1) is 5.52 Å². The van der Waals surface area contributed by atoms with E-state index >= 15 is 4.39 Å². The standard InChI is InChI=1S/C22H21FN2O3S/c1-10-5-17-13(8-24-10)6-18(29-17)19-11(2)20-14(12-3-4-12)7-15(22(27)28)21(26)25(20)9-16(19)23/h6-7,9-10,12,24H,3-5,8H2,1-2H3,(H,27,28). The monoisotopic (exact) mass is 412 g/mol. The second-order valence-corrected chi connectivity index (χ2v) is 9.28. The number of hydrogen-bond acceptors (Lipinski definition) is 4. The minimum atomic E-state index is -1.28. The molecule has 29 heavy (non-hydrogen) atoms. The number of aromatic carboxylic acids is 1. The highest BCUT2D eigenvalue weighted by Gasteiger charge is 2.30. The van der Waals surface area contributed by atoms with Crippen molar-refractivity contribution in [1.82, 2.24) is 9.72 Å². The van der Waals surface area contributed by atoms with Gasteiger partial charge in [-0.05, 0) is 67.9 Å². The summed E-state index contributed by atoms with van der Waals surface area (Å²) < 4.78 is 16.4. The number of pyridine rings is 2. The second-order valence-electron chi connectivity index (χ2n) is 8.14. The maximum atomic E-state index is 15.3. The van der Waals surface area contributed by atoms with Crippen LogP contribution in [0.1, 0.15) is 57.6 Å². The normalized spacial score (nSPS) is 18.8. The van der Waals surface area contributed by atoms with Gasteiger partial charge in [0.15, 0.2) is 0 Å². The second kappa shape index (κ2) is 6.50. The fourth-order valence-electron chi connectivity index (χ4n) is 4.36. The fraction of sp³-hybridized carbons (Fsp3) is 0.364. The Morgan fingerprint density at radius 2 is 2.10 bits per heavy atom. The van der Waals surface area contributed by atoms with Crippen molar-refractivity contribution in [3.8, 4) is 10.4 Å². The molecule has 1 aliphatic carbocycles. The Labute approximate surface area is 170 Å². The molecule has 1 saturated carbocycles. The Morgan fingerprint density at radius 3 is 2.79 bits per heavy atom. The third kappa shape index (κ3) is 2.91. The predicted octanol–water partition coefficient (Wildman–Crippen LogP) is 4.09. The molecule has 3 aromatic rings. The molecule has 5 nitrogen and oxygen atoms in total. The Bertz CT molecular complexity index is 1240. The number of carbonyl (C=O) groups is 1. The van der Waals surface area contributed by atoms with E-state index in [0.29, 0.717) is 22.7 Å². The summed E-state index contributed by atoms with van der Waals surface area (Å²) >= 11 is 1.61. The zero-order valence-electron chi connectivity index (χ0n) is 16.2. The molecule has 2 aliphatic rings. The minimum Gasteiger partial charge on any atom is -0.477 e. The van der Waals surface area contributed by atoms with E-state index in [2.05, 4.69) is 12.2 Å². The number of fused-ring (bicyclic) bond motifs is 2. The number of halogens is 1. The molecule has 1 aliphatic heterocycles. The van der Waals surface area contributed by atoms with Gasteiger partial charge in [0.25, 0.3) is 5.56 Å². The van der Waals surface area contributed by atoms with Crippen molar-refractivity contribution in [2.45, 2.75) is 51.6 Å². The van der Waals surface area contributed by atoms with Crippen molar-refractivity contribution >= 4 is 22.8 Å². The first kappa shape index (κ1) is 18.5. The number of hydrogen-bond donors (Lipinski definition) is 2. The number of thiophene rings is 1. The van der Waals surface area contributed by atoms with Gasteiger partial charge in [-0.25, -0.2) is 9.18 Å². The molecule has 0 saturated heterocycles. The highest BCUT2D eigenvalue weighted by atomic mass is 32.1. The highest BCUT2D eigenvalue weighted by molar-refractivity contribution is 7.15. The van der Waals surface area contributed by atoms with Crippen LogP contribution in [0.3, 0.4) is 0 Å². The van der Waals surface area contributed by atoms with Crippen molar-refractivity contribution in [2.24, 2.45) is 0 Å². The van der Waals surface area contributed by atoms with Gasteiger partial charge in [-0.3, -0.25) is 9.20 Å². The maximum Gasteiger partial charge on any atom is 0.341 e. The summed E-state index contributed by atoms with van der Waals surface area (Å²) in [6.07, 6.45) is 3.99. The van der Waals surface area contributed by atoms with Crippen LogP contribution in [-0.2, 0) is 13.0 Å². The van der Waals surface area contributed by atoms with E-state index in [4.69, 9.17) is 0 Å². The number of aryl methyl sites for hydroxylation is 1. The van der Waals surface area contributed by atoms with Crippen LogP contribution in [-0.4, -0.2) is 21.5 Å². The molecule has 7 heteroatoms. The van der Waals surface area contributed by atoms with Gasteiger partial charge in [0.1, 0.15) is 11.4 Å². The molecule has 0 radical (unpaired) electrons. The first-order valence-electron chi connectivity index (χ1n) is 9.82. The maximum absolute atomic E-state index is 15.3. The fourth-order valence-corrected chi connectivity index (χ4v) is 5.77. The van der Waals surface area contributed by atoms with Gasteiger partial charge in [-0.1, -0.05) is 0 Å². The van der Waals surface area contributed by atoms with Gasteiger partial charge in [-0.2, -0.15) is 0 Å². The molecular formula is C22H21FN2O3S. The molecule has 2 N–H and O–H groups in total. The Hall–Kier alpha value is -2.51. The summed E-state index contributed by atoms with van der Waals surface area (Å²) in [7, 11) is 0. The molecule has 0 spiro atoms. The third-order valence-electron chi connectivity index (χ3n) is 6.00. The summed E-state index contributed by atoms with van der Waals surface area (Å²) in [6.45, 7) is 4.74. The zero-order chi connectivity index (χ0) is 20.4. The molecule has 1 atom stereocenters. The van der Waals surface area contributed by atoms with E-state index in [1.54, 1.807) is 11.3 Å². The van der Waals surface area contributed by atoms with Crippen LogP contribution in [0.4, 0.5) is 4.39 Å². The van der Waals surface area contributed by atoms with Crippen molar-refractivity contribution in [2.75, 3.05) is 0 Å². The first-order valence-corrected chi connectivity index (χ1v) is 10.6. The van der Waals surface area contributed by atoms with Crippen molar-refractivity contribution in [3.05, 3.63) is 61.6 Å². The molecule has 1 fully saturated rings. The van der Waals surface area contributed by atoms with E-state index < -0.39 is 17.3 Å². The van der Waals surface area contributed by atoms with Crippen LogP contribution in [0, 0.1) is 12.7 Å². The molecule has 1 unspecified atom stereocenters. The van der Waals surface area contributed by atoms with E-state index in [0.717, 1.165) is 42.4 Å². The summed E-state index contributed by atoms with van der Waals surface area (Å²) in [5.41, 5.74) is 2.90. The van der Waals surface area contributed by atoms with E-state index in [9.17, 15) is 14.7 Å². The SMILES string of the molecule is Cc1c(-c2cc3c(s2)CC(C)NC3)c(F)cn2c(=O)c(C(=O)O)cc(C3CC3)c12. The number of nitrogens with zero attached hydrogens (tertiary/aromatic N) is 1. The Morgan fingerprint density at radius 1 is 1.34 bits per heavy atom. The highest BCUT2D eigenvalue weighted by Crippen LogP contribution is 2.45. The quantitative estimate of drug-likeness (QED) is 0.680. The van der Waals surface area contributed by atoms with Crippen LogP contribution in [0.2, 0.25) is 0 Å². The van der Waals surface area contributed by atoms with Gasteiger partial charge >= 0.3 is 5.97 Å². The molecule has 0 amide bonds. The molecule has 3 aromatic heterocycles. The molecular weight excluding hydrogens is 391 g/mol. The third-order valence-corrected chi connectivity index (χ3v) is 7.22. The molecule has 150 valence electrons. The number of nitrogens with one attached hydrogen (secondary N) is 1. The van der Waals surface area contributed by atoms with Crippen LogP contribution in [0.25, 0.3) is 16.0 Å². The minimum absolute atomic E-state index is 0.224. The summed E-state index contributed by atoms with van der Waals surface area (Å²) in [5.74, 6) is -1.55. The Kier molecular flexibility index (Phi) is 4.15. The van der Waals surface area contributed by atoms with Crippen molar-refractivity contribution in [3.63, 3.8) is 0 Å². The first-order chi connectivity index (χ1) is 13.8. The van der Waals surface area contributed by atoms with Crippen molar-refractivity contribution < 1.29 is 14.3 Å². The molecule has 5 rings (SSSR count). The van der Waals surface area contributed by atoms with Gasteiger partial charge in [-0.15, -0.1) is 11.3 Å². The number of carboxylic acid groups (broad SMARTS) is 1. The topological polar surface area (TPSA) is 70.8 Å². The lowest BCUT2D eigenvalue weighted by Crippen LogP contribution is -2.31. The average Bonchev–Trinajstić information content (AvgIpc) is 3.42. The van der Waals surface area contributed by atoms with Crippen LogP contribution >= 0.6 is 11.3 Å².